The van der Waals surface area contributed by atoms with Crippen molar-refractivity contribution >= 4 is 23.0 Å². The molecule has 3 aromatic rings. The molecule has 1 aromatic carbocycles. The fraction of sp³-hybridized carbons (Fsp3) is 0.250. The summed E-state index contributed by atoms with van der Waals surface area (Å²) in [6, 6.07) is 11.8. The van der Waals surface area contributed by atoms with Crippen molar-refractivity contribution in [2.45, 2.75) is 26.8 Å². The van der Waals surface area contributed by atoms with Gasteiger partial charge in [0.25, 0.3) is 5.91 Å². The maximum absolute atomic E-state index is 13.0. The van der Waals surface area contributed by atoms with E-state index >= 15 is 0 Å². The van der Waals surface area contributed by atoms with E-state index in [9.17, 15) is 9.59 Å². The van der Waals surface area contributed by atoms with Crippen LogP contribution in [0.25, 0.3) is 5.69 Å². The summed E-state index contributed by atoms with van der Waals surface area (Å²) >= 11 is 1.50. The lowest BCUT2D eigenvalue weighted by Crippen LogP contribution is -2.35. The first-order valence-corrected chi connectivity index (χ1v) is 9.38. The minimum absolute atomic E-state index is 0.00638. The number of rotatable bonds is 3. The highest BCUT2D eigenvalue weighted by atomic mass is 32.1. The summed E-state index contributed by atoms with van der Waals surface area (Å²) in [5.74, 6) is 0.0790. The van der Waals surface area contributed by atoms with E-state index in [1.54, 1.807) is 17.8 Å². The van der Waals surface area contributed by atoms with E-state index in [4.69, 9.17) is 0 Å². The van der Waals surface area contributed by atoms with Crippen LogP contribution >= 0.6 is 11.3 Å². The SMILES string of the molecule is CC(=O)c1cc2c(s1)CN(C(=O)c1cnn(-c3ccccc3)c1C)CC2. The highest BCUT2D eigenvalue weighted by Crippen LogP contribution is 2.29. The molecule has 1 amide bonds. The third kappa shape index (κ3) is 2.86. The van der Waals surface area contributed by atoms with E-state index in [2.05, 4.69) is 5.10 Å². The zero-order valence-electron chi connectivity index (χ0n) is 14.7. The van der Waals surface area contributed by atoms with Gasteiger partial charge in [-0.15, -0.1) is 11.3 Å². The highest BCUT2D eigenvalue weighted by molar-refractivity contribution is 7.14. The monoisotopic (exact) mass is 365 g/mol. The van der Waals surface area contributed by atoms with Crippen LogP contribution in [0.4, 0.5) is 0 Å². The molecule has 0 unspecified atom stereocenters. The van der Waals surface area contributed by atoms with Gasteiger partial charge in [-0.1, -0.05) is 18.2 Å². The quantitative estimate of drug-likeness (QED) is 0.666. The van der Waals surface area contributed by atoms with Gasteiger partial charge in [0.15, 0.2) is 5.78 Å². The molecule has 0 N–H and O–H groups in total. The second kappa shape index (κ2) is 6.53. The molecule has 5 nitrogen and oxygen atoms in total. The van der Waals surface area contributed by atoms with E-state index in [0.29, 0.717) is 18.7 Å². The second-order valence-electron chi connectivity index (χ2n) is 6.48. The standard InChI is InChI=1S/C20H19N3O2S/c1-13-17(11-21-23(13)16-6-4-3-5-7-16)20(25)22-9-8-15-10-18(14(2)24)26-19(15)12-22/h3-7,10-11H,8-9,12H2,1-2H3. The number of benzene rings is 1. The Hall–Kier alpha value is -2.73. The number of fused-ring (bicyclic) bond motifs is 1. The molecule has 1 aliphatic heterocycles. The summed E-state index contributed by atoms with van der Waals surface area (Å²) in [5.41, 5.74) is 3.60. The molecule has 2 aromatic heterocycles. The van der Waals surface area contributed by atoms with Crippen LogP contribution in [0.1, 0.15) is 43.1 Å². The number of nitrogens with zero attached hydrogens (tertiary/aromatic N) is 3. The molecular weight excluding hydrogens is 346 g/mol. The molecule has 0 radical (unpaired) electrons. The van der Waals surface area contributed by atoms with Crippen molar-refractivity contribution in [2.75, 3.05) is 6.54 Å². The number of carbonyl (C=O) groups excluding carboxylic acids is 2. The third-order valence-electron chi connectivity index (χ3n) is 4.76. The van der Waals surface area contributed by atoms with E-state index in [-0.39, 0.29) is 11.7 Å². The Morgan fingerprint density at radius 1 is 1.19 bits per heavy atom. The Kier molecular flexibility index (Phi) is 4.20. The number of thiophene rings is 1. The molecule has 0 atom stereocenters. The summed E-state index contributed by atoms with van der Waals surface area (Å²) in [6.07, 6.45) is 2.44. The first-order valence-electron chi connectivity index (χ1n) is 8.56. The van der Waals surface area contributed by atoms with Gasteiger partial charge < -0.3 is 4.90 Å². The molecule has 0 saturated carbocycles. The number of ketones is 1. The van der Waals surface area contributed by atoms with Crippen LogP contribution in [0.2, 0.25) is 0 Å². The predicted molar refractivity (Wildman–Crippen MR) is 101 cm³/mol. The molecule has 0 bridgehead atoms. The van der Waals surface area contributed by atoms with Crippen LogP contribution in [0, 0.1) is 6.92 Å². The summed E-state index contributed by atoms with van der Waals surface area (Å²) in [6.45, 7) is 4.72. The van der Waals surface area contributed by atoms with Gasteiger partial charge in [-0.3, -0.25) is 9.59 Å². The molecule has 3 heterocycles. The zero-order chi connectivity index (χ0) is 18.3. The Labute approximate surface area is 155 Å². The van der Waals surface area contributed by atoms with Crippen LogP contribution in [0.3, 0.4) is 0 Å². The lowest BCUT2D eigenvalue weighted by molar-refractivity contribution is 0.0736. The average Bonchev–Trinajstić information content (AvgIpc) is 3.25. The van der Waals surface area contributed by atoms with E-state index in [1.165, 1.54) is 16.9 Å². The molecule has 6 heteroatoms. The van der Waals surface area contributed by atoms with Gasteiger partial charge in [-0.05, 0) is 44.0 Å². The van der Waals surface area contributed by atoms with Crippen molar-refractivity contribution in [3.8, 4) is 5.69 Å². The number of hydrogen-bond acceptors (Lipinski definition) is 4. The molecular formula is C20H19N3O2S. The lowest BCUT2D eigenvalue weighted by Gasteiger charge is -2.26. The first kappa shape index (κ1) is 16.7. The topological polar surface area (TPSA) is 55.2 Å². The summed E-state index contributed by atoms with van der Waals surface area (Å²) < 4.78 is 1.79. The average molecular weight is 365 g/mol. The lowest BCUT2D eigenvalue weighted by atomic mass is 10.1. The van der Waals surface area contributed by atoms with E-state index in [0.717, 1.165) is 27.6 Å². The number of carbonyl (C=O) groups is 2. The predicted octanol–water partition coefficient (Wildman–Crippen LogP) is 3.64. The Morgan fingerprint density at radius 3 is 2.69 bits per heavy atom. The first-order chi connectivity index (χ1) is 12.5. The largest absolute Gasteiger partial charge is 0.333 e. The number of Topliss-reactive ketones (excluding diaryl/α,β-unsaturated/α-hetero) is 1. The van der Waals surface area contributed by atoms with Crippen molar-refractivity contribution in [1.29, 1.82) is 0 Å². The Morgan fingerprint density at radius 2 is 1.96 bits per heavy atom. The molecule has 132 valence electrons. The maximum atomic E-state index is 13.0. The van der Waals surface area contributed by atoms with Crippen molar-refractivity contribution in [3.05, 3.63) is 69.2 Å². The minimum Gasteiger partial charge on any atom is -0.333 e. The molecule has 0 spiro atoms. The van der Waals surface area contributed by atoms with Crippen molar-refractivity contribution in [3.63, 3.8) is 0 Å². The van der Waals surface area contributed by atoms with E-state index in [1.807, 2.05) is 48.2 Å². The third-order valence-corrected chi connectivity index (χ3v) is 6.02. The Balaban J connectivity index is 1.59. The van der Waals surface area contributed by atoms with Crippen LogP contribution in [-0.2, 0) is 13.0 Å². The number of hydrogen-bond donors (Lipinski definition) is 0. The molecule has 0 aliphatic carbocycles. The van der Waals surface area contributed by atoms with Crippen LogP contribution in [0.15, 0.2) is 42.6 Å². The minimum atomic E-state index is -0.00638. The summed E-state index contributed by atoms with van der Waals surface area (Å²) in [5, 5.41) is 4.40. The number of aromatic nitrogens is 2. The van der Waals surface area contributed by atoms with Crippen molar-refractivity contribution in [2.24, 2.45) is 0 Å². The van der Waals surface area contributed by atoms with Crippen LogP contribution < -0.4 is 0 Å². The zero-order valence-corrected chi connectivity index (χ0v) is 15.5. The van der Waals surface area contributed by atoms with Gasteiger partial charge in [-0.2, -0.15) is 5.10 Å². The van der Waals surface area contributed by atoms with Gasteiger partial charge in [0.2, 0.25) is 0 Å². The highest BCUT2D eigenvalue weighted by Gasteiger charge is 2.26. The van der Waals surface area contributed by atoms with Crippen LogP contribution in [-0.4, -0.2) is 32.9 Å². The smallest absolute Gasteiger partial charge is 0.257 e. The van der Waals surface area contributed by atoms with Gasteiger partial charge in [-0.25, -0.2) is 4.68 Å². The van der Waals surface area contributed by atoms with E-state index < -0.39 is 0 Å². The van der Waals surface area contributed by atoms with Gasteiger partial charge >= 0.3 is 0 Å². The molecule has 0 saturated heterocycles. The second-order valence-corrected chi connectivity index (χ2v) is 7.62. The fourth-order valence-electron chi connectivity index (χ4n) is 3.29. The molecule has 4 rings (SSSR count). The Bertz CT molecular complexity index is 988. The maximum Gasteiger partial charge on any atom is 0.257 e. The normalized spacial score (nSPS) is 13.5. The summed E-state index contributed by atoms with van der Waals surface area (Å²) in [4.78, 5) is 28.4. The number of para-hydroxylation sites is 1. The van der Waals surface area contributed by atoms with Gasteiger partial charge in [0.05, 0.1) is 34.6 Å². The fourth-order valence-corrected chi connectivity index (χ4v) is 4.41. The van der Waals surface area contributed by atoms with Crippen molar-refractivity contribution < 1.29 is 9.59 Å². The number of amides is 1. The van der Waals surface area contributed by atoms with Crippen LogP contribution in [0.5, 0.6) is 0 Å². The molecule has 26 heavy (non-hydrogen) atoms. The van der Waals surface area contributed by atoms with Crippen molar-refractivity contribution in [1.82, 2.24) is 14.7 Å². The van der Waals surface area contributed by atoms with Gasteiger partial charge in [0.1, 0.15) is 0 Å². The molecule has 0 fully saturated rings. The molecule has 1 aliphatic rings. The van der Waals surface area contributed by atoms with Gasteiger partial charge in [0, 0.05) is 11.4 Å². The summed E-state index contributed by atoms with van der Waals surface area (Å²) in [7, 11) is 0.